The minimum absolute atomic E-state index is 0.212. The molecule has 0 unspecified atom stereocenters. The lowest BCUT2D eigenvalue weighted by Crippen LogP contribution is -2.40. The van der Waals surface area contributed by atoms with Crippen molar-refractivity contribution < 1.29 is 14.3 Å². The van der Waals surface area contributed by atoms with Gasteiger partial charge in [-0.25, -0.2) is 9.79 Å². The molecule has 5 aromatic rings. The van der Waals surface area contributed by atoms with Gasteiger partial charge in [-0.3, -0.25) is 9.36 Å². The van der Waals surface area contributed by atoms with Gasteiger partial charge in [0.2, 0.25) is 0 Å². The maximum absolute atomic E-state index is 14.2. The fourth-order valence-electron chi connectivity index (χ4n) is 5.53. The number of allylic oxidation sites excluding steroid dienone is 1. The molecule has 9 heteroatoms. The van der Waals surface area contributed by atoms with E-state index in [9.17, 15) is 9.59 Å². The molecule has 0 N–H and O–H groups in total. The van der Waals surface area contributed by atoms with Crippen molar-refractivity contribution in [2.24, 2.45) is 4.99 Å². The minimum Gasteiger partial charge on any atom is -0.494 e. The van der Waals surface area contributed by atoms with Gasteiger partial charge in [0, 0.05) is 39.2 Å². The normalized spacial score (nSPS) is 15.0. The molecule has 43 heavy (non-hydrogen) atoms. The van der Waals surface area contributed by atoms with Gasteiger partial charge in [0.15, 0.2) is 4.80 Å². The van der Waals surface area contributed by atoms with Crippen molar-refractivity contribution in [3.8, 4) is 5.75 Å². The molecule has 0 bridgehead atoms. The van der Waals surface area contributed by atoms with E-state index in [1.165, 1.54) is 16.9 Å². The molecule has 0 amide bonds. The number of esters is 1. The first-order valence-electron chi connectivity index (χ1n) is 14.1. The number of carbonyl (C=O) groups excluding carboxylic acids is 1. The number of nitrogens with zero attached hydrogens (tertiary/aromatic N) is 3. The number of ether oxygens (including phenoxy) is 2. The summed E-state index contributed by atoms with van der Waals surface area (Å²) < 4.78 is 16.8. The largest absolute Gasteiger partial charge is 0.494 e. The molecule has 6 rings (SSSR count). The number of halogens is 1. The van der Waals surface area contributed by atoms with Gasteiger partial charge < -0.3 is 14.0 Å². The van der Waals surface area contributed by atoms with Crippen LogP contribution in [0.4, 0.5) is 0 Å². The van der Waals surface area contributed by atoms with Gasteiger partial charge in [-0.05, 0) is 56.7 Å². The van der Waals surface area contributed by atoms with E-state index >= 15 is 0 Å². The summed E-state index contributed by atoms with van der Waals surface area (Å²) in [7, 11) is 0. The molecule has 1 aliphatic heterocycles. The summed E-state index contributed by atoms with van der Waals surface area (Å²) in [4.78, 5) is 32.8. The number of hydrogen-bond donors (Lipinski definition) is 0. The number of para-hydroxylation sites is 2. The van der Waals surface area contributed by atoms with Crippen LogP contribution in [0.15, 0.2) is 105 Å². The zero-order chi connectivity index (χ0) is 30.1. The number of carbonyl (C=O) groups is 1. The molecular formula is C34H30BrN3O4S. The van der Waals surface area contributed by atoms with Gasteiger partial charge in [0.25, 0.3) is 5.56 Å². The Hall–Kier alpha value is -4.21. The molecule has 218 valence electrons. The fourth-order valence-corrected chi connectivity index (χ4v) is 6.83. The number of benzene rings is 3. The van der Waals surface area contributed by atoms with E-state index in [-0.39, 0.29) is 12.2 Å². The number of rotatable bonds is 8. The zero-order valence-electron chi connectivity index (χ0n) is 24.0. The van der Waals surface area contributed by atoms with Crippen molar-refractivity contribution in [3.63, 3.8) is 0 Å². The van der Waals surface area contributed by atoms with Gasteiger partial charge in [-0.15, -0.1) is 0 Å². The highest BCUT2D eigenvalue weighted by molar-refractivity contribution is 9.10. The topological polar surface area (TPSA) is 74.8 Å². The van der Waals surface area contributed by atoms with Gasteiger partial charge in [-0.1, -0.05) is 75.8 Å². The van der Waals surface area contributed by atoms with Crippen molar-refractivity contribution in [3.05, 3.63) is 131 Å². The Labute approximate surface area is 261 Å². The van der Waals surface area contributed by atoms with Crippen LogP contribution >= 0.6 is 27.3 Å². The summed E-state index contributed by atoms with van der Waals surface area (Å²) in [5.74, 6) is 0.113. The molecule has 0 saturated carbocycles. The Kier molecular flexibility index (Phi) is 8.19. The van der Waals surface area contributed by atoms with Gasteiger partial charge in [-0.2, -0.15) is 0 Å². The second kappa shape index (κ2) is 12.2. The molecule has 1 atom stereocenters. The standard InChI is InChI=1S/C34H30BrN3O4S/c1-4-41-28-13-9-7-11-26(28)31-30(33(40)42-5-2)21(3)36-34-38(31)32(39)29(43-34)18-23-20-37(27-12-8-6-10-25(23)27)19-22-14-16-24(35)17-15-22/h6-18,20,31H,4-5,19H2,1-3H3/b29-18-/t31-/m1/s1. The third kappa shape index (κ3) is 5.50. The maximum Gasteiger partial charge on any atom is 0.338 e. The molecule has 7 nitrogen and oxygen atoms in total. The first-order chi connectivity index (χ1) is 20.9. The van der Waals surface area contributed by atoms with Gasteiger partial charge in [0.05, 0.1) is 29.0 Å². The second-order valence-corrected chi connectivity index (χ2v) is 12.1. The lowest BCUT2D eigenvalue weighted by molar-refractivity contribution is -0.139. The lowest BCUT2D eigenvalue weighted by Gasteiger charge is -2.26. The molecule has 0 radical (unpaired) electrons. The zero-order valence-corrected chi connectivity index (χ0v) is 26.4. The van der Waals surface area contributed by atoms with Crippen LogP contribution in [0.25, 0.3) is 17.0 Å². The predicted molar refractivity (Wildman–Crippen MR) is 173 cm³/mol. The Morgan fingerprint density at radius 2 is 1.77 bits per heavy atom. The van der Waals surface area contributed by atoms with Gasteiger partial charge in [0.1, 0.15) is 11.8 Å². The van der Waals surface area contributed by atoms with Crippen molar-refractivity contribution in [2.75, 3.05) is 13.2 Å². The maximum atomic E-state index is 14.2. The predicted octanol–water partition coefficient (Wildman–Crippen LogP) is 5.96. The highest BCUT2D eigenvalue weighted by Crippen LogP contribution is 2.36. The van der Waals surface area contributed by atoms with Crippen LogP contribution in [0.5, 0.6) is 5.75 Å². The van der Waals surface area contributed by atoms with Crippen LogP contribution in [0.3, 0.4) is 0 Å². The van der Waals surface area contributed by atoms with E-state index in [0.717, 1.165) is 20.9 Å². The van der Waals surface area contributed by atoms with Crippen LogP contribution in [0.1, 0.15) is 43.5 Å². The molecule has 3 aromatic carbocycles. The summed E-state index contributed by atoms with van der Waals surface area (Å²) in [5, 5.41) is 1.05. The monoisotopic (exact) mass is 655 g/mol. The molecule has 3 heterocycles. The Morgan fingerprint density at radius 3 is 2.53 bits per heavy atom. The first-order valence-corrected chi connectivity index (χ1v) is 15.7. The summed E-state index contributed by atoms with van der Waals surface area (Å²) in [6.07, 6.45) is 4.02. The van der Waals surface area contributed by atoms with E-state index in [0.29, 0.717) is 45.1 Å². The third-order valence-corrected chi connectivity index (χ3v) is 8.91. The molecule has 2 aromatic heterocycles. The summed E-state index contributed by atoms with van der Waals surface area (Å²) in [6.45, 7) is 6.81. The summed E-state index contributed by atoms with van der Waals surface area (Å²) in [5.41, 5.74) is 4.52. The third-order valence-electron chi connectivity index (χ3n) is 7.40. The first kappa shape index (κ1) is 28.9. The minimum atomic E-state index is -0.737. The van der Waals surface area contributed by atoms with Crippen LogP contribution in [0, 0.1) is 0 Å². The molecule has 0 fully saturated rings. The van der Waals surface area contributed by atoms with E-state index < -0.39 is 12.0 Å². The van der Waals surface area contributed by atoms with Crippen LogP contribution in [-0.2, 0) is 16.1 Å². The highest BCUT2D eigenvalue weighted by atomic mass is 79.9. The van der Waals surface area contributed by atoms with Crippen molar-refractivity contribution in [1.29, 1.82) is 0 Å². The molecule has 1 aliphatic rings. The van der Waals surface area contributed by atoms with Crippen molar-refractivity contribution in [1.82, 2.24) is 9.13 Å². The molecule has 0 aliphatic carbocycles. The van der Waals surface area contributed by atoms with Crippen molar-refractivity contribution >= 4 is 50.2 Å². The van der Waals surface area contributed by atoms with Crippen LogP contribution in [0.2, 0.25) is 0 Å². The average molecular weight is 657 g/mol. The smallest absolute Gasteiger partial charge is 0.338 e. The molecular weight excluding hydrogens is 626 g/mol. The Bertz CT molecular complexity index is 2050. The lowest BCUT2D eigenvalue weighted by atomic mass is 9.95. The van der Waals surface area contributed by atoms with E-state index in [1.54, 1.807) is 18.4 Å². The SMILES string of the molecule is CCOC(=O)C1=C(C)N=c2s/c(=C\c3cn(Cc4ccc(Br)cc4)c4ccccc34)c(=O)n2[C@@H]1c1ccccc1OCC. The molecule has 0 saturated heterocycles. The highest BCUT2D eigenvalue weighted by Gasteiger charge is 2.35. The van der Waals surface area contributed by atoms with Gasteiger partial charge >= 0.3 is 5.97 Å². The number of fused-ring (bicyclic) bond motifs is 2. The number of thiazole rings is 1. The van der Waals surface area contributed by atoms with E-state index in [1.807, 2.05) is 61.5 Å². The summed E-state index contributed by atoms with van der Waals surface area (Å²) >= 11 is 4.83. The number of hydrogen-bond acceptors (Lipinski definition) is 6. The van der Waals surface area contributed by atoms with Crippen LogP contribution < -0.4 is 19.6 Å². The Balaban J connectivity index is 1.52. The second-order valence-electron chi connectivity index (χ2n) is 10.1. The fraction of sp³-hybridized carbons (Fsp3) is 0.206. The average Bonchev–Trinajstić information content (AvgIpc) is 3.50. The molecule has 0 spiro atoms. The number of aromatic nitrogens is 2. The van der Waals surface area contributed by atoms with Crippen LogP contribution in [-0.4, -0.2) is 28.3 Å². The van der Waals surface area contributed by atoms with E-state index in [2.05, 4.69) is 51.0 Å². The summed E-state index contributed by atoms with van der Waals surface area (Å²) in [6, 6.07) is 23.2. The Morgan fingerprint density at radius 1 is 1.02 bits per heavy atom. The quantitative estimate of drug-likeness (QED) is 0.193. The van der Waals surface area contributed by atoms with E-state index in [4.69, 9.17) is 14.5 Å². The van der Waals surface area contributed by atoms with Crippen molar-refractivity contribution in [2.45, 2.75) is 33.4 Å².